The molecule has 25 heavy (non-hydrogen) atoms. The summed E-state index contributed by atoms with van der Waals surface area (Å²) in [6.07, 6.45) is -2.69. The van der Waals surface area contributed by atoms with E-state index in [-0.39, 0.29) is 30.2 Å². The minimum Gasteiger partial charge on any atom is -0.472 e. The first-order chi connectivity index (χ1) is 11.8. The van der Waals surface area contributed by atoms with Crippen LogP contribution in [0.4, 0.5) is 13.2 Å². The van der Waals surface area contributed by atoms with Gasteiger partial charge in [-0.3, -0.25) is 4.68 Å². The van der Waals surface area contributed by atoms with Crippen molar-refractivity contribution >= 4 is 5.97 Å². The predicted molar refractivity (Wildman–Crippen MR) is 81.2 cm³/mol. The van der Waals surface area contributed by atoms with Crippen molar-refractivity contribution < 1.29 is 32.2 Å². The Kier molecular flexibility index (Phi) is 5.89. The fourth-order valence-electron chi connectivity index (χ4n) is 2.02. The van der Waals surface area contributed by atoms with Crippen LogP contribution in [0, 0.1) is 0 Å². The molecule has 6 nitrogen and oxygen atoms in total. The quantitative estimate of drug-likeness (QED) is 0.710. The Morgan fingerprint density at radius 3 is 2.64 bits per heavy atom. The number of aryl methyl sites for hydroxylation is 1. The molecule has 0 saturated heterocycles. The molecule has 2 rings (SSSR count). The van der Waals surface area contributed by atoms with E-state index in [0.29, 0.717) is 6.42 Å². The summed E-state index contributed by atoms with van der Waals surface area (Å²) >= 11 is 0. The summed E-state index contributed by atoms with van der Waals surface area (Å²) in [5.74, 6) is -1.05. The number of hydrogen-bond donors (Lipinski definition) is 0. The van der Waals surface area contributed by atoms with Gasteiger partial charge in [-0.2, -0.15) is 0 Å². The number of aromatic nitrogens is 2. The van der Waals surface area contributed by atoms with Gasteiger partial charge < -0.3 is 14.2 Å². The van der Waals surface area contributed by atoms with Crippen LogP contribution >= 0.6 is 0 Å². The summed E-state index contributed by atoms with van der Waals surface area (Å²) < 4.78 is 53.8. The van der Waals surface area contributed by atoms with Crippen molar-refractivity contribution in [1.29, 1.82) is 0 Å². The van der Waals surface area contributed by atoms with Gasteiger partial charge in [0.1, 0.15) is 12.4 Å². The van der Waals surface area contributed by atoms with Crippen LogP contribution in [-0.4, -0.2) is 28.7 Å². The Balaban J connectivity index is 2.30. The van der Waals surface area contributed by atoms with Crippen LogP contribution in [0.5, 0.6) is 11.6 Å². The minimum absolute atomic E-state index is 0.0499. The van der Waals surface area contributed by atoms with Crippen LogP contribution in [0.15, 0.2) is 30.5 Å². The lowest BCUT2D eigenvalue weighted by Gasteiger charge is -2.16. The van der Waals surface area contributed by atoms with E-state index >= 15 is 0 Å². The molecule has 136 valence electrons. The van der Waals surface area contributed by atoms with Gasteiger partial charge in [-0.15, -0.1) is 18.3 Å². The van der Waals surface area contributed by atoms with E-state index in [1.165, 1.54) is 16.8 Å². The van der Waals surface area contributed by atoms with Gasteiger partial charge in [0, 0.05) is 24.9 Å². The molecule has 1 heterocycles. The second-order valence-electron chi connectivity index (χ2n) is 5.08. The smallest absolute Gasteiger partial charge is 0.472 e. The zero-order valence-electron chi connectivity index (χ0n) is 13.7. The minimum atomic E-state index is -4.90. The fraction of sp³-hybridized carbons (Fsp3) is 0.375. The van der Waals surface area contributed by atoms with Crippen molar-refractivity contribution in [1.82, 2.24) is 9.78 Å². The molecule has 0 spiro atoms. The SMILES string of the molecule is CCCOC(=O)c1cccc(OC(F)(F)F)c1COc1ccn(C)n1. The maximum atomic E-state index is 12.6. The van der Waals surface area contributed by atoms with Crippen LogP contribution in [-0.2, 0) is 18.4 Å². The van der Waals surface area contributed by atoms with Gasteiger partial charge in [0.2, 0.25) is 5.88 Å². The van der Waals surface area contributed by atoms with Crippen LogP contribution in [0.1, 0.15) is 29.3 Å². The highest BCUT2D eigenvalue weighted by molar-refractivity contribution is 5.91. The van der Waals surface area contributed by atoms with E-state index in [9.17, 15) is 18.0 Å². The first-order valence-electron chi connectivity index (χ1n) is 7.47. The van der Waals surface area contributed by atoms with Crippen molar-refractivity contribution in [2.75, 3.05) is 6.61 Å². The maximum Gasteiger partial charge on any atom is 0.573 e. The number of carbonyl (C=O) groups is 1. The molecule has 0 amide bonds. The number of rotatable bonds is 7. The number of alkyl halides is 3. The predicted octanol–water partition coefficient (Wildman–Crippen LogP) is 3.46. The van der Waals surface area contributed by atoms with E-state index < -0.39 is 18.1 Å². The topological polar surface area (TPSA) is 62.6 Å². The average molecular weight is 358 g/mol. The van der Waals surface area contributed by atoms with Crippen LogP contribution in [0.3, 0.4) is 0 Å². The van der Waals surface area contributed by atoms with E-state index in [4.69, 9.17) is 9.47 Å². The highest BCUT2D eigenvalue weighted by Crippen LogP contribution is 2.30. The molecule has 1 aromatic carbocycles. The Hall–Kier alpha value is -2.71. The second kappa shape index (κ2) is 7.91. The Morgan fingerprint density at radius 1 is 1.28 bits per heavy atom. The van der Waals surface area contributed by atoms with E-state index in [0.717, 1.165) is 6.07 Å². The molecule has 0 saturated carbocycles. The van der Waals surface area contributed by atoms with Gasteiger partial charge in [-0.25, -0.2) is 4.79 Å². The molecule has 0 fully saturated rings. The highest BCUT2D eigenvalue weighted by Gasteiger charge is 2.33. The number of nitrogens with zero attached hydrogens (tertiary/aromatic N) is 2. The highest BCUT2D eigenvalue weighted by atomic mass is 19.4. The lowest BCUT2D eigenvalue weighted by molar-refractivity contribution is -0.275. The number of halogens is 3. The van der Waals surface area contributed by atoms with Crippen LogP contribution in [0.25, 0.3) is 0 Å². The van der Waals surface area contributed by atoms with E-state index in [1.807, 2.05) is 6.92 Å². The fourth-order valence-corrected chi connectivity index (χ4v) is 2.02. The van der Waals surface area contributed by atoms with Gasteiger partial charge in [0.15, 0.2) is 0 Å². The lowest BCUT2D eigenvalue weighted by atomic mass is 10.1. The molecule has 0 radical (unpaired) electrons. The Morgan fingerprint density at radius 2 is 2.04 bits per heavy atom. The third-order valence-corrected chi connectivity index (χ3v) is 3.07. The maximum absolute atomic E-state index is 12.6. The van der Waals surface area contributed by atoms with Gasteiger partial charge in [-0.1, -0.05) is 13.0 Å². The summed E-state index contributed by atoms with van der Waals surface area (Å²) in [5.41, 5.74) is -0.113. The third kappa shape index (κ3) is 5.40. The zero-order chi connectivity index (χ0) is 18.4. The Labute approximate surface area is 142 Å². The van der Waals surface area contributed by atoms with Crippen molar-refractivity contribution in [2.24, 2.45) is 7.05 Å². The molecule has 0 unspecified atom stereocenters. The number of esters is 1. The van der Waals surface area contributed by atoms with Crippen molar-refractivity contribution in [3.05, 3.63) is 41.6 Å². The number of ether oxygens (including phenoxy) is 3. The molecule has 0 atom stereocenters. The zero-order valence-corrected chi connectivity index (χ0v) is 13.7. The van der Waals surface area contributed by atoms with Crippen molar-refractivity contribution in [3.8, 4) is 11.6 Å². The van der Waals surface area contributed by atoms with E-state index in [2.05, 4.69) is 9.84 Å². The number of benzene rings is 1. The van der Waals surface area contributed by atoms with Crippen molar-refractivity contribution in [3.63, 3.8) is 0 Å². The molecule has 0 aliphatic carbocycles. The molecule has 0 N–H and O–H groups in total. The van der Waals surface area contributed by atoms with Gasteiger partial charge in [0.05, 0.1) is 12.2 Å². The standard InChI is InChI=1S/C16H17F3N2O4/c1-3-9-23-15(22)11-5-4-6-13(25-16(17,18)19)12(11)10-24-14-7-8-21(2)20-14/h4-8H,3,9-10H2,1-2H3. The van der Waals surface area contributed by atoms with Crippen LogP contribution in [0.2, 0.25) is 0 Å². The molecule has 0 aliphatic heterocycles. The average Bonchev–Trinajstić information content (AvgIpc) is 2.95. The number of hydrogen-bond acceptors (Lipinski definition) is 5. The van der Waals surface area contributed by atoms with Crippen LogP contribution < -0.4 is 9.47 Å². The molecule has 0 aliphatic rings. The number of carbonyl (C=O) groups excluding carboxylic acids is 1. The third-order valence-electron chi connectivity index (χ3n) is 3.07. The second-order valence-corrected chi connectivity index (χ2v) is 5.08. The van der Waals surface area contributed by atoms with Gasteiger partial charge in [0.25, 0.3) is 0 Å². The van der Waals surface area contributed by atoms with Crippen molar-refractivity contribution in [2.45, 2.75) is 26.3 Å². The summed E-state index contributed by atoms with van der Waals surface area (Å²) in [6, 6.07) is 5.30. The van der Waals surface area contributed by atoms with Gasteiger partial charge >= 0.3 is 12.3 Å². The monoisotopic (exact) mass is 358 g/mol. The molecular weight excluding hydrogens is 341 g/mol. The lowest BCUT2D eigenvalue weighted by Crippen LogP contribution is -2.20. The summed E-state index contributed by atoms with van der Waals surface area (Å²) in [4.78, 5) is 12.1. The molecule has 9 heteroatoms. The first kappa shape index (κ1) is 18.6. The van der Waals surface area contributed by atoms with E-state index in [1.54, 1.807) is 19.3 Å². The molecular formula is C16H17F3N2O4. The largest absolute Gasteiger partial charge is 0.573 e. The molecule has 2 aromatic rings. The Bertz CT molecular complexity index is 728. The first-order valence-corrected chi connectivity index (χ1v) is 7.47. The molecule has 1 aromatic heterocycles. The summed E-state index contributed by atoms with van der Waals surface area (Å²) in [7, 11) is 1.67. The summed E-state index contributed by atoms with van der Waals surface area (Å²) in [5, 5.41) is 3.97. The summed E-state index contributed by atoms with van der Waals surface area (Å²) in [6.45, 7) is 1.63. The molecule has 0 bridgehead atoms. The van der Waals surface area contributed by atoms with Gasteiger partial charge in [-0.05, 0) is 18.6 Å². The normalized spacial score (nSPS) is 11.2.